The van der Waals surface area contributed by atoms with Crippen molar-refractivity contribution < 1.29 is 22.7 Å². The Labute approximate surface area is 127 Å². The van der Waals surface area contributed by atoms with Crippen LogP contribution in [-0.2, 0) is 24.5 Å². The molecule has 0 radical (unpaired) electrons. The molecule has 1 N–H and O–H groups in total. The molecular weight excluding hydrogens is 296 g/mol. The molecule has 21 heavy (non-hydrogen) atoms. The zero-order valence-electron chi connectivity index (χ0n) is 13.4. The molecule has 1 aliphatic carbocycles. The van der Waals surface area contributed by atoms with Crippen LogP contribution in [0.4, 0.5) is 0 Å². The minimum atomic E-state index is -3.61. The number of hydrogen-bond donors (Lipinski definition) is 1. The summed E-state index contributed by atoms with van der Waals surface area (Å²) in [5.74, 6) is -0.433. The normalized spacial score (nSPS) is 24.7. The molecule has 1 saturated carbocycles. The molecule has 7 nitrogen and oxygen atoms in total. The number of carbonyl (C=O) groups is 1. The number of methoxy groups -OCH3 is 1. The van der Waals surface area contributed by atoms with Gasteiger partial charge < -0.3 is 9.47 Å². The number of carbonyl (C=O) groups excluding carboxylic acids is 1. The van der Waals surface area contributed by atoms with E-state index < -0.39 is 16.2 Å². The fourth-order valence-electron chi connectivity index (χ4n) is 2.31. The molecule has 0 aromatic heterocycles. The maximum atomic E-state index is 12.2. The van der Waals surface area contributed by atoms with Gasteiger partial charge in [-0.05, 0) is 13.3 Å². The van der Waals surface area contributed by atoms with Crippen LogP contribution < -0.4 is 4.72 Å². The Hall–Kier alpha value is -0.700. The van der Waals surface area contributed by atoms with Crippen LogP contribution >= 0.6 is 0 Å². The van der Waals surface area contributed by atoms with E-state index in [0.29, 0.717) is 13.0 Å². The molecule has 0 heterocycles. The first-order valence-corrected chi connectivity index (χ1v) is 8.51. The first-order chi connectivity index (χ1) is 9.65. The van der Waals surface area contributed by atoms with Gasteiger partial charge in [-0.3, -0.25) is 4.79 Å². The second-order valence-electron chi connectivity index (χ2n) is 5.82. The van der Waals surface area contributed by atoms with Gasteiger partial charge in [0.1, 0.15) is 0 Å². The highest BCUT2D eigenvalue weighted by Crippen LogP contribution is 2.43. The van der Waals surface area contributed by atoms with Gasteiger partial charge in [0.2, 0.25) is 0 Å². The number of nitrogens with zero attached hydrogens (tertiary/aromatic N) is 1. The Kier molecular flexibility index (Phi) is 6.15. The quantitative estimate of drug-likeness (QED) is 0.659. The molecule has 2 atom stereocenters. The first kappa shape index (κ1) is 18.3. The van der Waals surface area contributed by atoms with Gasteiger partial charge in [-0.1, -0.05) is 13.8 Å². The average Bonchev–Trinajstić information content (AvgIpc) is 2.43. The Balaban J connectivity index is 2.55. The molecule has 124 valence electrons. The summed E-state index contributed by atoms with van der Waals surface area (Å²) in [7, 11) is -0.895. The van der Waals surface area contributed by atoms with Crippen LogP contribution in [0.15, 0.2) is 0 Å². The fraction of sp³-hybridized carbons (Fsp3) is 0.923. The van der Waals surface area contributed by atoms with Crippen molar-refractivity contribution in [2.45, 2.75) is 45.8 Å². The Morgan fingerprint density at radius 3 is 2.52 bits per heavy atom. The zero-order valence-corrected chi connectivity index (χ0v) is 14.2. The van der Waals surface area contributed by atoms with Crippen molar-refractivity contribution in [2.24, 2.45) is 5.41 Å². The van der Waals surface area contributed by atoms with Gasteiger partial charge in [0.25, 0.3) is 10.2 Å². The summed E-state index contributed by atoms with van der Waals surface area (Å²) in [6.07, 6.45) is 0.754. The second kappa shape index (κ2) is 7.04. The molecule has 2 unspecified atom stereocenters. The summed E-state index contributed by atoms with van der Waals surface area (Å²) in [6.45, 7) is 6.60. The van der Waals surface area contributed by atoms with Crippen LogP contribution in [-0.4, -0.2) is 58.1 Å². The molecule has 0 aliphatic heterocycles. The standard InChI is InChI=1S/C13H26N2O5S/c1-6-20-11-9-10(13(11,2)3)14-21(17,18)15(4)8-7-12(16)19-5/h10-11,14H,6-9H2,1-5H3. The Bertz CT molecular complexity index is 463. The molecule has 0 amide bonds. The predicted molar refractivity (Wildman–Crippen MR) is 78.9 cm³/mol. The van der Waals surface area contributed by atoms with E-state index >= 15 is 0 Å². The molecule has 1 rings (SSSR count). The van der Waals surface area contributed by atoms with E-state index in [1.54, 1.807) is 0 Å². The summed E-state index contributed by atoms with van der Waals surface area (Å²) in [5.41, 5.74) is -0.244. The average molecular weight is 322 g/mol. The fourth-order valence-corrected chi connectivity index (χ4v) is 3.58. The molecule has 8 heteroatoms. The van der Waals surface area contributed by atoms with Crippen LogP contribution in [0.25, 0.3) is 0 Å². The molecule has 1 fully saturated rings. The third-order valence-electron chi connectivity index (χ3n) is 4.11. The van der Waals surface area contributed by atoms with E-state index in [-0.39, 0.29) is 30.5 Å². The van der Waals surface area contributed by atoms with E-state index in [4.69, 9.17) is 4.74 Å². The molecule has 0 bridgehead atoms. The van der Waals surface area contributed by atoms with Gasteiger partial charge in [-0.25, -0.2) is 0 Å². The molecule has 0 aromatic rings. The number of rotatable bonds is 8. The van der Waals surface area contributed by atoms with Crippen molar-refractivity contribution in [2.75, 3.05) is 27.3 Å². The summed E-state index contributed by atoms with van der Waals surface area (Å²) >= 11 is 0. The molecule has 0 saturated heterocycles. The number of esters is 1. The van der Waals surface area contributed by atoms with Crippen LogP contribution in [0.1, 0.15) is 33.6 Å². The summed E-state index contributed by atoms with van der Waals surface area (Å²) < 4.78 is 38.3. The van der Waals surface area contributed by atoms with Gasteiger partial charge in [0.05, 0.1) is 19.6 Å². The van der Waals surface area contributed by atoms with Crippen molar-refractivity contribution in [3.8, 4) is 0 Å². The minimum Gasteiger partial charge on any atom is -0.469 e. The number of hydrogen-bond acceptors (Lipinski definition) is 5. The lowest BCUT2D eigenvalue weighted by molar-refractivity contribution is -0.140. The highest BCUT2D eigenvalue weighted by Gasteiger charge is 2.50. The monoisotopic (exact) mass is 322 g/mol. The SMILES string of the molecule is CCOC1CC(NS(=O)(=O)N(C)CCC(=O)OC)C1(C)C. The number of ether oxygens (including phenoxy) is 2. The third kappa shape index (κ3) is 4.38. The van der Waals surface area contributed by atoms with Crippen molar-refractivity contribution in [1.82, 2.24) is 9.03 Å². The highest BCUT2D eigenvalue weighted by atomic mass is 32.2. The van der Waals surface area contributed by atoms with Crippen molar-refractivity contribution >= 4 is 16.2 Å². The van der Waals surface area contributed by atoms with E-state index in [0.717, 1.165) is 4.31 Å². The zero-order chi connectivity index (χ0) is 16.3. The van der Waals surface area contributed by atoms with Crippen molar-refractivity contribution in [3.05, 3.63) is 0 Å². The lowest BCUT2D eigenvalue weighted by atomic mass is 9.65. The Morgan fingerprint density at radius 2 is 2.05 bits per heavy atom. The van der Waals surface area contributed by atoms with Gasteiger partial charge in [-0.15, -0.1) is 0 Å². The van der Waals surface area contributed by atoms with Crippen molar-refractivity contribution in [1.29, 1.82) is 0 Å². The Morgan fingerprint density at radius 1 is 1.43 bits per heavy atom. The lowest BCUT2D eigenvalue weighted by Crippen LogP contribution is -2.63. The maximum Gasteiger partial charge on any atom is 0.306 e. The minimum absolute atomic E-state index is 0.0313. The summed E-state index contributed by atoms with van der Waals surface area (Å²) in [6, 6.07) is -0.167. The third-order valence-corrected chi connectivity index (χ3v) is 5.69. The maximum absolute atomic E-state index is 12.2. The smallest absolute Gasteiger partial charge is 0.306 e. The van der Waals surface area contributed by atoms with Crippen LogP contribution in [0.3, 0.4) is 0 Å². The van der Waals surface area contributed by atoms with Crippen molar-refractivity contribution in [3.63, 3.8) is 0 Å². The molecule has 0 spiro atoms. The van der Waals surface area contributed by atoms with Gasteiger partial charge in [-0.2, -0.15) is 17.4 Å². The second-order valence-corrected chi connectivity index (χ2v) is 7.63. The summed E-state index contributed by atoms with van der Waals surface area (Å²) in [5, 5.41) is 0. The first-order valence-electron chi connectivity index (χ1n) is 7.07. The van der Waals surface area contributed by atoms with E-state index in [1.807, 2.05) is 20.8 Å². The van der Waals surface area contributed by atoms with E-state index in [9.17, 15) is 13.2 Å². The van der Waals surface area contributed by atoms with E-state index in [2.05, 4.69) is 9.46 Å². The van der Waals surface area contributed by atoms with Crippen LogP contribution in [0.2, 0.25) is 0 Å². The van der Waals surface area contributed by atoms with Gasteiger partial charge in [0.15, 0.2) is 0 Å². The summed E-state index contributed by atoms with van der Waals surface area (Å²) in [4.78, 5) is 11.1. The molecule has 1 aliphatic rings. The van der Waals surface area contributed by atoms with Crippen LogP contribution in [0.5, 0.6) is 0 Å². The van der Waals surface area contributed by atoms with Crippen LogP contribution in [0, 0.1) is 5.41 Å². The molecular formula is C13H26N2O5S. The predicted octanol–water partition coefficient (Wildman–Crippen LogP) is 0.519. The largest absolute Gasteiger partial charge is 0.469 e. The lowest BCUT2D eigenvalue weighted by Gasteiger charge is -2.51. The highest BCUT2D eigenvalue weighted by molar-refractivity contribution is 7.87. The number of nitrogens with one attached hydrogen (secondary N) is 1. The van der Waals surface area contributed by atoms with E-state index in [1.165, 1.54) is 14.2 Å². The van der Waals surface area contributed by atoms with Gasteiger partial charge >= 0.3 is 5.97 Å². The topological polar surface area (TPSA) is 84.9 Å². The van der Waals surface area contributed by atoms with Gasteiger partial charge in [0, 0.05) is 31.7 Å². The molecule has 0 aromatic carbocycles.